The van der Waals surface area contributed by atoms with Gasteiger partial charge in [0.15, 0.2) is 0 Å². The largest absolute Gasteiger partial charge is 0.334 e. The van der Waals surface area contributed by atoms with Gasteiger partial charge in [0.05, 0.1) is 21.2 Å². The van der Waals surface area contributed by atoms with Gasteiger partial charge >= 0.3 is 0 Å². The van der Waals surface area contributed by atoms with Crippen LogP contribution in [0, 0.1) is 5.82 Å². The van der Waals surface area contributed by atoms with Gasteiger partial charge in [-0.25, -0.2) is 12.8 Å². The number of para-hydroxylation sites is 1. The molecule has 1 N–H and O–H groups in total. The summed E-state index contributed by atoms with van der Waals surface area (Å²) >= 11 is 7.87. The molecule has 2 aromatic carbocycles. The van der Waals surface area contributed by atoms with Crippen LogP contribution in [0.5, 0.6) is 0 Å². The smallest absolute Gasteiger partial charge is 0.262 e. The Bertz CT molecular complexity index is 1190. The van der Waals surface area contributed by atoms with Crippen molar-refractivity contribution in [3.63, 3.8) is 0 Å². The van der Waals surface area contributed by atoms with Crippen LogP contribution in [0.25, 0.3) is 0 Å². The number of amides is 1. The number of halogens is 2. The third kappa shape index (κ3) is 4.01. The van der Waals surface area contributed by atoms with Gasteiger partial charge in [-0.05, 0) is 53.8 Å². The van der Waals surface area contributed by atoms with Gasteiger partial charge in [-0.3, -0.25) is 9.52 Å². The lowest BCUT2D eigenvalue weighted by molar-refractivity contribution is 0.0736. The van der Waals surface area contributed by atoms with Crippen LogP contribution in [0.15, 0.2) is 58.8 Å². The summed E-state index contributed by atoms with van der Waals surface area (Å²) in [4.78, 5) is 15.8. The van der Waals surface area contributed by atoms with Gasteiger partial charge in [0.2, 0.25) is 0 Å². The first kappa shape index (κ1) is 19.9. The molecular formula is C20H16ClFN2O3S2. The predicted octanol–water partition coefficient (Wildman–Crippen LogP) is 4.54. The van der Waals surface area contributed by atoms with E-state index in [4.69, 9.17) is 11.6 Å². The molecule has 0 saturated carbocycles. The van der Waals surface area contributed by atoms with Crippen molar-refractivity contribution in [1.29, 1.82) is 0 Å². The molecule has 150 valence electrons. The second-order valence-electron chi connectivity index (χ2n) is 6.57. The molecule has 4 rings (SSSR count). The Morgan fingerprint density at radius 2 is 1.97 bits per heavy atom. The maximum atomic E-state index is 13.8. The topological polar surface area (TPSA) is 66.5 Å². The second kappa shape index (κ2) is 7.78. The van der Waals surface area contributed by atoms with Crippen molar-refractivity contribution in [2.45, 2.75) is 17.9 Å². The van der Waals surface area contributed by atoms with Crippen LogP contribution in [0.1, 0.15) is 20.8 Å². The molecule has 1 aliphatic heterocycles. The zero-order valence-corrected chi connectivity index (χ0v) is 17.5. The Balaban J connectivity index is 1.62. The summed E-state index contributed by atoms with van der Waals surface area (Å²) in [6, 6.07) is 11.3. The molecule has 0 bridgehead atoms. The Labute approximate surface area is 176 Å². The highest BCUT2D eigenvalue weighted by atomic mass is 35.5. The number of hydrogen-bond donors (Lipinski definition) is 1. The molecule has 0 spiro atoms. The third-order valence-electron chi connectivity index (χ3n) is 4.69. The summed E-state index contributed by atoms with van der Waals surface area (Å²) < 4.78 is 41.4. The predicted molar refractivity (Wildman–Crippen MR) is 111 cm³/mol. The van der Waals surface area contributed by atoms with Gasteiger partial charge in [-0.1, -0.05) is 23.7 Å². The quantitative estimate of drug-likeness (QED) is 0.634. The van der Waals surface area contributed by atoms with Crippen molar-refractivity contribution in [2.24, 2.45) is 0 Å². The minimum absolute atomic E-state index is 0.0988. The minimum Gasteiger partial charge on any atom is -0.334 e. The van der Waals surface area contributed by atoms with Crippen molar-refractivity contribution >= 4 is 44.6 Å². The van der Waals surface area contributed by atoms with Gasteiger partial charge in [0.25, 0.3) is 15.9 Å². The van der Waals surface area contributed by atoms with Gasteiger partial charge in [-0.2, -0.15) is 0 Å². The molecule has 0 atom stereocenters. The number of nitrogens with zero attached hydrogens (tertiary/aromatic N) is 1. The van der Waals surface area contributed by atoms with E-state index in [1.54, 1.807) is 16.2 Å². The number of carbonyl (C=O) groups excluding carboxylic acids is 1. The molecule has 2 heterocycles. The first-order valence-corrected chi connectivity index (χ1v) is 11.5. The minimum atomic E-state index is -4.10. The fraction of sp³-hybridized carbons (Fsp3) is 0.150. The summed E-state index contributed by atoms with van der Waals surface area (Å²) in [7, 11) is -4.10. The summed E-state index contributed by atoms with van der Waals surface area (Å²) in [6.45, 7) is 0.992. The van der Waals surface area contributed by atoms with Crippen molar-refractivity contribution in [2.75, 3.05) is 11.3 Å². The molecule has 9 heteroatoms. The van der Waals surface area contributed by atoms with Crippen LogP contribution in [0.4, 0.5) is 10.1 Å². The summed E-state index contributed by atoms with van der Waals surface area (Å²) in [6.07, 6.45) is 0.753. The van der Waals surface area contributed by atoms with E-state index in [2.05, 4.69) is 4.72 Å². The van der Waals surface area contributed by atoms with Gasteiger partial charge in [0.1, 0.15) is 5.82 Å². The first-order chi connectivity index (χ1) is 13.8. The van der Waals surface area contributed by atoms with Crippen molar-refractivity contribution in [3.05, 3.63) is 80.8 Å². The molecule has 0 fully saturated rings. The van der Waals surface area contributed by atoms with Crippen molar-refractivity contribution in [3.8, 4) is 0 Å². The van der Waals surface area contributed by atoms with E-state index in [0.717, 1.165) is 18.1 Å². The number of sulfonamides is 1. The first-order valence-electron chi connectivity index (χ1n) is 8.76. The number of rotatable bonds is 4. The third-order valence-corrected chi connectivity index (χ3v) is 7.41. The maximum absolute atomic E-state index is 13.8. The lowest BCUT2D eigenvalue weighted by Crippen LogP contribution is -2.35. The summed E-state index contributed by atoms with van der Waals surface area (Å²) in [5.74, 6) is -1.03. The molecule has 1 amide bonds. The molecule has 0 aliphatic carbocycles. The normalized spacial score (nSPS) is 13.8. The van der Waals surface area contributed by atoms with Crippen molar-refractivity contribution < 1.29 is 17.6 Å². The van der Waals surface area contributed by atoms with E-state index in [9.17, 15) is 17.6 Å². The van der Waals surface area contributed by atoms with E-state index in [0.29, 0.717) is 13.1 Å². The number of benzene rings is 2. The fourth-order valence-electron chi connectivity index (χ4n) is 3.18. The van der Waals surface area contributed by atoms with Crippen LogP contribution >= 0.6 is 22.9 Å². The maximum Gasteiger partial charge on any atom is 0.262 e. The van der Waals surface area contributed by atoms with Crippen LogP contribution < -0.4 is 4.72 Å². The number of carbonyl (C=O) groups is 1. The Morgan fingerprint density at radius 3 is 2.76 bits per heavy atom. The molecule has 0 radical (unpaired) electrons. The second-order valence-corrected chi connectivity index (χ2v) is 9.66. The standard InChI is InChI=1S/C20H16ClFN2O3S2/c21-16-6-5-14(29(26,27)23-18-4-2-1-3-17(18)22)11-15(16)20(25)24-9-7-19-13(12-24)8-10-28-19/h1-6,8,10-11,23H,7,9,12H2. The molecular weight excluding hydrogens is 435 g/mol. The Kier molecular flexibility index (Phi) is 5.33. The number of hydrogen-bond acceptors (Lipinski definition) is 4. The van der Waals surface area contributed by atoms with E-state index in [1.165, 1.54) is 41.3 Å². The van der Waals surface area contributed by atoms with E-state index >= 15 is 0 Å². The van der Waals surface area contributed by atoms with Gasteiger partial charge in [0, 0.05) is 18.0 Å². The average molecular weight is 451 g/mol. The van der Waals surface area contributed by atoms with Crippen LogP contribution in [0.3, 0.4) is 0 Å². The lowest BCUT2D eigenvalue weighted by atomic mass is 10.1. The van der Waals surface area contributed by atoms with E-state index in [1.807, 2.05) is 11.4 Å². The molecule has 29 heavy (non-hydrogen) atoms. The Morgan fingerprint density at radius 1 is 1.17 bits per heavy atom. The number of anilines is 1. The molecule has 0 unspecified atom stereocenters. The van der Waals surface area contributed by atoms with E-state index in [-0.39, 0.29) is 27.1 Å². The van der Waals surface area contributed by atoms with Crippen LogP contribution in [0.2, 0.25) is 5.02 Å². The molecule has 3 aromatic rings. The highest BCUT2D eigenvalue weighted by Gasteiger charge is 2.26. The number of nitrogens with one attached hydrogen (secondary N) is 1. The molecule has 0 saturated heterocycles. The van der Waals surface area contributed by atoms with Gasteiger partial charge < -0.3 is 4.90 Å². The molecule has 1 aromatic heterocycles. The summed E-state index contributed by atoms with van der Waals surface area (Å²) in [5.41, 5.74) is 1.02. The highest BCUT2D eigenvalue weighted by Crippen LogP contribution is 2.28. The van der Waals surface area contributed by atoms with E-state index < -0.39 is 15.8 Å². The van der Waals surface area contributed by atoms with Crippen LogP contribution in [-0.4, -0.2) is 25.8 Å². The summed E-state index contributed by atoms with van der Waals surface area (Å²) in [5, 5.41) is 2.16. The number of fused-ring (bicyclic) bond motifs is 1. The van der Waals surface area contributed by atoms with Crippen LogP contribution in [-0.2, 0) is 23.0 Å². The zero-order valence-electron chi connectivity index (χ0n) is 15.1. The zero-order chi connectivity index (χ0) is 20.6. The fourth-order valence-corrected chi connectivity index (χ4v) is 5.36. The lowest BCUT2D eigenvalue weighted by Gasteiger charge is -2.27. The highest BCUT2D eigenvalue weighted by molar-refractivity contribution is 7.92. The monoisotopic (exact) mass is 450 g/mol. The molecule has 5 nitrogen and oxygen atoms in total. The average Bonchev–Trinajstić information content (AvgIpc) is 3.17. The van der Waals surface area contributed by atoms with Gasteiger partial charge in [-0.15, -0.1) is 11.3 Å². The number of thiophene rings is 1. The Hall–Kier alpha value is -2.42. The SMILES string of the molecule is O=C(c1cc(S(=O)(=O)Nc2ccccc2F)ccc1Cl)N1CCc2sccc2C1. The molecule has 1 aliphatic rings. The van der Waals surface area contributed by atoms with Crippen molar-refractivity contribution in [1.82, 2.24) is 4.90 Å².